The Morgan fingerprint density at radius 1 is 1.04 bits per heavy atom. The van der Waals surface area contributed by atoms with E-state index in [1.165, 1.54) is 7.11 Å². The molecule has 0 aliphatic carbocycles. The van der Waals surface area contributed by atoms with E-state index in [-0.39, 0.29) is 60.5 Å². The number of likely N-dealkylation sites (N-methyl/N-ethyl adjacent to an activating group) is 2. The Labute approximate surface area is 323 Å². The van der Waals surface area contributed by atoms with Gasteiger partial charge in [0.1, 0.15) is 6.04 Å². The summed E-state index contributed by atoms with van der Waals surface area (Å²) in [6.07, 6.45) is 3.58. The maximum Gasteiger partial charge on any atom is 0.328 e. The molecule has 3 rings (SSSR count). The Morgan fingerprint density at radius 3 is 2.31 bits per heavy atom. The van der Waals surface area contributed by atoms with E-state index in [4.69, 9.17) is 14.2 Å². The normalized spacial score (nSPS) is 18.9. The van der Waals surface area contributed by atoms with E-state index in [2.05, 4.69) is 53.5 Å². The second-order valence-corrected chi connectivity index (χ2v) is 15.9. The zero-order chi connectivity index (χ0) is 40.3. The number of carbonyl (C=O) groups is 4. The van der Waals surface area contributed by atoms with Gasteiger partial charge in [0.15, 0.2) is 0 Å². The van der Waals surface area contributed by atoms with Crippen LogP contribution in [0.1, 0.15) is 79.7 Å². The molecule has 1 aromatic heterocycles. The molecule has 8 unspecified atom stereocenters. The summed E-state index contributed by atoms with van der Waals surface area (Å²) in [5.74, 6) is -1.31. The van der Waals surface area contributed by atoms with Crippen LogP contribution in [-0.4, -0.2) is 129 Å². The number of para-hydroxylation sites is 1. The minimum Gasteiger partial charge on any atom is -0.467 e. The molecule has 0 bridgehead atoms. The number of nitrogens with zero attached hydrogens (tertiary/aromatic N) is 2. The lowest BCUT2D eigenvalue weighted by atomic mass is 9.89. The van der Waals surface area contributed by atoms with Crippen LogP contribution in [0, 0.1) is 17.8 Å². The quantitative estimate of drug-likeness (QED) is 0.139. The Hall–Kier alpha value is -3.52. The number of nitrogens with one attached hydrogen (secondary N) is 4. The Kier molecular flexibility index (Phi) is 17.0. The first kappa shape index (κ1) is 44.9. The fraction of sp³-hybridized carbons (Fsp3) is 0.707. The minimum absolute atomic E-state index is 0.0584. The number of rotatable bonds is 21. The Morgan fingerprint density at radius 2 is 1.72 bits per heavy atom. The van der Waals surface area contributed by atoms with Gasteiger partial charge in [0.2, 0.25) is 17.7 Å². The van der Waals surface area contributed by atoms with E-state index in [1.807, 2.05) is 56.3 Å². The monoisotopic (exact) mass is 757 g/mol. The summed E-state index contributed by atoms with van der Waals surface area (Å²) in [6, 6.07) is 6.34. The third-order valence-corrected chi connectivity index (χ3v) is 11.7. The van der Waals surface area contributed by atoms with Crippen LogP contribution >= 0.6 is 0 Å². The molecule has 13 heteroatoms. The molecule has 1 aliphatic heterocycles. The van der Waals surface area contributed by atoms with Crippen LogP contribution in [0.3, 0.4) is 0 Å². The maximum atomic E-state index is 14.2. The predicted octanol–water partition coefficient (Wildman–Crippen LogP) is 3.90. The summed E-state index contributed by atoms with van der Waals surface area (Å²) >= 11 is 0. The lowest BCUT2D eigenvalue weighted by molar-refractivity contribution is -0.147. The van der Waals surface area contributed by atoms with Gasteiger partial charge < -0.3 is 40.0 Å². The van der Waals surface area contributed by atoms with Crippen LogP contribution in [0.25, 0.3) is 10.9 Å². The van der Waals surface area contributed by atoms with Crippen molar-refractivity contribution < 1.29 is 33.4 Å². The maximum absolute atomic E-state index is 14.2. The van der Waals surface area contributed by atoms with Gasteiger partial charge in [0.25, 0.3) is 0 Å². The number of benzene rings is 1. The summed E-state index contributed by atoms with van der Waals surface area (Å²) < 4.78 is 17.2. The highest BCUT2D eigenvalue weighted by Crippen LogP contribution is 2.30. The van der Waals surface area contributed by atoms with E-state index in [0.29, 0.717) is 19.5 Å². The molecule has 2 aromatic rings. The van der Waals surface area contributed by atoms with Gasteiger partial charge in [-0.05, 0) is 64.3 Å². The standard InChI is InChI=1S/C41H68N6O7/c1-13-26(4)36(46(9)24-32(25(2)3)45-40(51)41(6,7)42-8)34(52-10)22-35(48)47-20-16-19-33(47)37(53-11)27(5)38(49)44-31(39(50)54-12)21-28-23-43-30-18-15-14-17-29(28)30/h14-15,17-18,23,25-27,31-34,36-37,42-43H,13,16,19-22,24H2,1-12H3,(H,44,49)(H,45,51). The number of carbonyl (C=O) groups excluding carboxylic acids is 4. The zero-order valence-corrected chi connectivity index (χ0v) is 34.8. The van der Waals surface area contributed by atoms with Crippen molar-refractivity contribution >= 4 is 34.6 Å². The number of aromatic nitrogens is 1. The van der Waals surface area contributed by atoms with Crippen LogP contribution in [-0.2, 0) is 39.8 Å². The van der Waals surface area contributed by atoms with Crippen molar-refractivity contribution in [3.63, 3.8) is 0 Å². The highest BCUT2D eigenvalue weighted by atomic mass is 16.5. The lowest BCUT2D eigenvalue weighted by Crippen LogP contribution is -2.58. The summed E-state index contributed by atoms with van der Waals surface area (Å²) in [4.78, 5) is 61.3. The van der Waals surface area contributed by atoms with E-state index in [1.54, 1.807) is 28.2 Å². The number of likely N-dealkylation sites (tertiary alicyclic amines) is 1. The van der Waals surface area contributed by atoms with Gasteiger partial charge in [-0.2, -0.15) is 0 Å². The first-order chi connectivity index (χ1) is 25.5. The van der Waals surface area contributed by atoms with E-state index in [0.717, 1.165) is 29.3 Å². The highest BCUT2D eigenvalue weighted by molar-refractivity contribution is 5.88. The Balaban J connectivity index is 1.76. The van der Waals surface area contributed by atoms with Crippen molar-refractivity contribution in [3.8, 4) is 0 Å². The third-order valence-electron chi connectivity index (χ3n) is 11.7. The molecule has 0 spiro atoms. The van der Waals surface area contributed by atoms with Crippen molar-refractivity contribution in [2.45, 2.75) is 122 Å². The lowest BCUT2D eigenvalue weighted by Gasteiger charge is -2.41. The third kappa shape index (κ3) is 11.0. The van der Waals surface area contributed by atoms with Gasteiger partial charge in [-0.1, -0.05) is 59.2 Å². The molecule has 1 fully saturated rings. The Bertz CT molecular complexity index is 1530. The molecule has 8 atom stereocenters. The number of ether oxygens (including phenoxy) is 3. The van der Waals surface area contributed by atoms with Gasteiger partial charge in [-0.3, -0.25) is 19.3 Å². The largest absolute Gasteiger partial charge is 0.467 e. The fourth-order valence-electron chi connectivity index (χ4n) is 7.72. The second kappa shape index (κ2) is 20.4. The van der Waals surface area contributed by atoms with Crippen LogP contribution in [0.2, 0.25) is 0 Å². The predicted molar refractivity (Wildman–Crippen MR) is 212 cm³/mol. The molecule has 1 aromatic carbocycles. The van der Waals surface area contributed by atoms with Gasteiger partial charge in [0.05, 0.1) is 43.2 Å². The molecule has 304 valence electrons. The van der Waals surface area contributed by atoms with Gasteiger partial charge in [0, 0.05) is 62.9 Å². The fourth-order valence-corrected chi connectivity index (χ4v) is 7.72. The average Bonchev–Trinajstić information content (AvgIpc) is 3.81. The number of hydrogen-bond donors (Lipinski definition) is 4. The summed E-state index contributed by atoms with van der Waals surface area (Å²) in [5.41, 5.74) is 1.12. The molecule has 3 amide bonds. The molecule has 1 saturated heterocycles. The molecule has 1 aliphatic rings. The number of fused-ring (bicyclic) bond motifs is 1. The van der Waals surface area contributed by atoms with Crippen molar-refractivity contribution in [2.24, 2.45) is 17.8 Å². The smallest absolute Gasteiger partial charge is 0.328 e. The molecule has 4 N–H and O–H groups in total. The average molecular weight is 757 g/mol. The number of methoxy groups -OCH3 is 3. The first-order valence-corrected chi connectivity index (χ1v) is 19.5. The number of aromatic amines is 1. The minimum atomic E-state index is -0.904. The first-order valence-electron chi connectivity index (χ1n) is 19.5. The summed E-state index contributed by atoms with van der Waals surface area (Å²) in [6.45, 7) is 15.1. The summed E-state index contributed by atoms with van der Waals surface area (Å²) in [7, 11) is 8.34. The van der Waals surface area contributed by atoms with Gasteiger partial charge in [-0.15, -0.1) is 0 Å². The van der Waals surface area contributed by atoms with Crippen molar-refractivity contribution in [2.75, 3.05) is 48.5 Å². The van der Waals surface area contributed by atoms with Gasteiger partial charge >= 0.3 is 5.97 Å². The summed E-state index contributed by atoms with van der Waals surface area (Å²) in [5, 5.41) is 10.2. The van der Waals surface area contributed by atoms with Crippen LogP contribution < -0.4 is 16.0 Å². The number of esters is 1. The SMILES string of the molecule is CCC(C)C(C(CC(=O)N1CCCC1C(OC)C(C)C(=O)NC(Cc1c[nH]c2ccccc12)C(=O)OC)OC)N(C)CC(NC(=O)C(C)(C)NC)C(C)C. The number of hydrogen-bond acceptors (Lipinski definition) is 9. The number of H-pyrrole nitrogens is 1. The molecule has 0 radical (unpaired) electrons. The molecule has 54 heavy (non-hydrogen) atoms. The highest BCUT2D eigenvalue weighted by Gasteiger charge is 2.42. The van der Waals surface area contributed by atoms with E-state index < -0.39 is 35.7 Å². The molecular weight excluding hydrogens is 688 g/mol. The molecule has 2 heterocycles. The molecule has 0 saturated carbocycles. The van der Waals surface area contributed by atoms with Crippen LogP contribution in [0.5, 0.6) is 0 Å². The zero-order valence-electron chi connectivity index (χ0n) is 34.8. The second-order valence-electron chi connectivity index (χ2n) is 15.9. The van der Waals surface area contributed by atoms with E-state index in [9.17, 15) is 19.2 Å². The molecular formula is C41H68N6O7. The van der Waals surface area contributed by atoms with Gasteiger partial charge in [-0.25, -0.2) is 4.79 Å². The van der Waals surface area contributed by atoms with E-state index >= 15 is 0 Å². The van der Waals surface area contributed by atoms with Crippen LogP contribution in [0.4, 0.5) is 0 Å². The molecule has 13 nitrogen and oxygen atoms in total. The van der Waals surface area contributed by atoms with Crippen LogP contribution in [0.15, 0.2) is 30.5 Å². The topological polar surface area (TPSA) is 154 Å². The van der Waals surface area contributed by atoms with Crippen molar-refractivity contribution in [1.29, 1.82) is 0 Å². The van der Waals surface area contributed by atoms with Crippen molar-refractivity contribution in [3.05, 3.63) is 36.0 Å². The van der Waals surface area contributed by atoms with Crippen molar-refractivity contribution in [1.82, 2.24) is 30.7 Å². The number of amides is 3.